The van der Waals surface area contributed by atoms with Gasteiger partial charge in [-0.05, 0) is 50.1 Å². The van der Waals surface area contributed by atoms with Gasteiger partial charge >= 0.3 is 0 Å². The molecule has 0 unspecified atom stereocenters. The Hall–Kier alpha value is -2.92. The Labute approximate surface area is 163 Å². The van der Waals surface area contributed by atoms with Crippen molar-refractivity contribution < 1.29 is 4.79 Å². The number of amides is 1. The van der Waals surface area contributed by atoms with Crippen LogP contribution in [0.1, 0.15) is 33.0 Å². The van der Waals surface area contributed by atoms with E-state index in [1.807, 2.05) is 6.92 Å². The molecule has 1 amide bonds. The van der Waals surface area contributed by atoms with Crippen LogP contribution < -0.4 is 10.6 Å². The molecule has 3 aromatic rings. The van der Waals surface area contributed by atoms with Crippen molar-refractivity contribution in [2.45, 2.75) is 27.3 Å². The Bertz CT molecular complexity index is 970. The number of aromatic nitrogens is 2. The third-order valence-corrected chi connectivity index (χ3v) is 4.34. The molecule has 27 heavy (non-hydrogen) atoms. The van der Waals surface area contributed by atoms with E-state index in [1.165, 1.54) is 5.56 Å². The van der Waals surface area contributed by atoms with E-state index in [9.17, 15) is 4.79 Å². The van der Waals surface area contributed by atoms with Crippen LogP contribution in [0, 0.1) is 20.8 Å². The molecule has 6 heteroatoms. The van der Waals surface area contributed by atoms with Gasteiger partial charge in [-0.1, -0.05) is 41.4 Å². The second-order valence-electron chi connectivity index (χ2n) is 6.44. The van der Waals surface area contributed by atoms with Crippen LogP contribution in [0.25, 0.3) is 0 Å². The number of carbonyl (C=O) groups is 1. The van der Waals surface area contributed by atoms with Gasteiger partial charge in [0.15, 0.2) is 0 Å². The van der Waals surface area contributed by atoms with E-state index in [4.69, 9.17) is 11.6 Å². The number of carbonyl (C=O) groups excluding carboxylic acids is 1. The number of aryl methyl sites for hydroxylation is 3. The highest BCUT2D eigenvalue weighted by Gasteiger charge is 2.12. The van der Waals surface area contributed by atoms with Gasteiger partial charge in [-0.25, -0.2) is 9.97 Å². The van der Waals surface area contributed by atoms with Crippen LogP contribution in [0.3, 0.4) is 0 Å². The van der Waals surface area contributed by atoms with E-state index in [0.717, 1.165) is 11.1 Å². The summed E-state index contributed by atoms with van der Waals surface area (Å²) in [4.78, 5) is 21.2. The molecular weight excluding hydrogens is 360 g/mol. The zero-order valence-electron chi connectivity index (χ0n) is 15.5. The SMILES string of the molecule is Cc1ccc(CNc2cc(C(=O)Nc3ccc(Cl)cc3C)nc(C)n2)cc1. The molecule has 0 aliphatic carbocycles. The fraction of sp³-hybridized carbons (Fsp3) is 0.190. The summed E-state index contributed by atoms with van der Waals surface area (Å²) in [7, 11) is 0. The van der Waals surface area contributed by atoms with Crippen molar-refractivity contribution in [2.75, 3.05) is 10.6 Å². The summed E-state index contributed by atoms with van der Waals surface area (Å²) in [6, 6.07) is 15.2. The minimum Gasteiger partial charge on any atom is -0.366 e. The number of anilines is 2. The molecule has 0 aliphatic heterocycles. The number of hydrogen-bond donors (Lipinski definition) is 2. The van der Waals surface area contributed by atoms with Gasteiger partial charge in [0.05, 0.1) is 0 Å². The van der Waals surface area contributed by atoms with Gasteiger partial charge in [0.1, 0.15) is 17.3 Å². The number of benzene rings is 2. The van der Waals surface area contributed by atoms with E-state index >= 15 is 0 Å². The topological polar surface area (TPSA) is 66.9 Å². The van der Waals surface area contributed by atoms with Crippen molar-refractivity contribution in [1.29, 1.82) is 0 Å². The van der Waals surface area contributed by atoms with Gasteiger partial charge in [-0.3, -0.25) is 4.79 Å². The van der Waals surface area contributed by atoms with Crippen molar-refractivity contribution in [2.24, 2.45) is 0 Å². The van der Waals surface area contributed by atoms with Crippen molar-refractivity contribution in [1.82, 2.24) is 9.97 Å². The highest BCUT2D eigenvalue weighted by Crippen LogP contribution is 2.20. The molecular formula is C21H21ClN4O. The van der Waals surface area contributed by atoms with E-state index < -0.39 is 0 Å². The molecule has 0 fully saturated rings. The second-order valence-corrected chi connectivity index (χ2v) is 6.87. The third-order valence-electron chi connectivity index (χ3n) is 4.10. The second kappa shape index (κ2) is 8.18. The molecule has 0 saturated heterocycles. The van der Waals surface area contributed by atoms with Gasteiger partial charge in [-0.15, -0.1) is 0 Å². The average Bonchev–Trinajstić information content (AvgIpc) is 2.63. The molecule has 2 N–H and O–H groups in total. The van der Waals surface area contributed by atoms with E-state index in [2.05, 4.69) is 51.8 Å². The van der Waals surface area contributed by atoms with Gasteiger partial charge in [0.2, 0.25) is 0 Å². The monoisotopic (exact) mass is 380 g/mol. The quantitative estimate of drug-likeness (QED) is 0.659. The van der Waals surface area contributed by atoms with Crippen LogP contribution in [0.5, 0.6) is 0 Å². The van der Waals surface area contributed by atoms with E-state index in [0.29, 0.717) is 34.6 Å². The molecule has 0 saturated carbocycles. The minimum atomic E-state index is -0.288. The molecule has 138 valence electrons. The predicted molar refractivity (Wildman–Crippen MR) is 109 cm³/mol. The van der Waals surface area contributed by atoms with Gasteiger partial charge < -0.3 is 10.6 Å². The lowest BCUT2D eigenvalue weighted by molar-refractivity contribution is 0.102. The Kier molecular flexibility index (Phi) is 5.72. The van der Waals surface area contributed by atoms with Gasteiger partial charge in [-0.2, -0.15) is 0 Å². The maximum atomic E-state index is 12.6. The smallest absolute Gasteiger partial charge is 0.274 e. The average molecular weight is 381 g/mol. The number of rotatable bonds is 5. The van der Waals surface area contributed by atoms with E-state index in [1.54, 1.807) is 31.2 Å². The predicted octanol–water partition coefficient (Wildman–Crippen LogP) is 4.92. The molecule has 0 atom stereocenters. The number of hydrogen-bond acceptors (Lipinski definition) is 4. The number of nitrogens with one attached hydrogen (secondary N) is 2. The lowest BCUT2D eigenvalue weighted by Crippen LogP contribution is -2.16. The molecule has 5 nitrogen and oxygen atoms in total. The summed E-state index contributed by atoms with van der Waals surface area (Å²) in [6.45, 7) is 6.33. The summed E-state index contributed by atoms with van der Waals surface area (Å²) >= 11 is 5.96. The highest BCUT2D eigenvalue weighted by molar-refractivity contribution is 6.30. The molecule has 3 rings (SSSR count). The third kappa shape index (κ3) is 5.05. The van der Waals surface area contributed by atoms with E-state index in [-0.39, 0.29) is 5.91 Å². The molecule has 2 aromatic carbocycles. The van der Waals surface area contributed by atoms with Crippen LogP contribution in [-0.2, 0) is 6.54 Å². The first kappa shape index (κ1) is 18.9. The Morgan fingerprint density at radius 2 is 1.74 bits per heavy atom. The zero-order chi connectivity index (χ0) is 19.4. The fourth-order valence-corrected chi connectivity index (χ4v) is 2.85. The van der Waals surface area contributed by atoms with Crippen LogP contribution in [0.4, 0.5) is 11.5 Å². The van der Waals surface area contributed by atoms with Crippen molar-refractivity contribution >= 4 is 29.0 Å². The summed E-state index contributed by atoms with van der Waals surface area (Å²) < 4.78 is 0. The zero-order valence-corrected chi connectivity index (χ0v) is 16.3. The lowest BCUT2D eigenvalue weighted by Gasteiger charge is -2.11. The first-order chi connectivity index (χ1) is 12.9. The maximum absolute atomic E-state index is 12.6. The largest absolute Gasteiger partial charge is 0.366 e. The van der Waals surface area contributed by atoms with Crippen LogP contribution in [0.2, 0.25) is 5.02 Å². The molecule has 0 radical (unpaired) electrons. The van der Waals surface area contributed by atoms with Crippen LogP contribution >= 0.6 is 11.6 Å². The maximum Gasteiger partial charge on any atom is 0.274 e. The first-order valence-electron chi connectivity index (χ1n) is 8.63. The minimum absolute atomic E-state index is 0.288. The van der Waals surface area contributed by atoms with Gasteiger partial charge in [0.25, 0.3) is 5.91 Å². The number of halogens is 1. The summed E-state index contributed by atoms with van der Waals surface area (Å²) in [5.74, 6) is 0.854. The Balaban J connectivity index is 1.73. The molecule has 0 spiro atoms. The Morgan fingerprint density at radius 1 is 1.00 bits per heavy atom. The molecule has 0 bridgehead atoms. The van der Waals surface area contributed by atoms with Crippen molar-refractivity contribution in [3.63, 3.8) is 0 Å². The van der Waals surface area contributed by atoms with Crippen molar-refractivity contribution in [3.8, 4) is 0 Å². The highest BCUT2D eigenvalue weighted by atomic mass is 35.5. The summed E-state index contributed by atoms with van der Waals surface area (Å²) in [5.41, 5.74) is 4.25. The number of nitrogens with zero attached hydrogens (tertiary/aromatic N) is 2. The Morgan fingerprint density at radius 3 is 2.44 bits per heavy atom. The van der Waals surface area contributed by atoms with Crippen LogP contribution in [-0.4, -0.2) is 15.9 Å². The molecule has 0 aliphatic rings. The lowest BCUT2D eigenvalue weighted by atomic mass is 10.1. The van der Waals surface area contributed by atoms with Crippen LogP contribution in [0.15, 0.2) is 48.5 Å². The van der Waals surface area contributed by atoms with Gasteiger partial charge in [0, 0.05) is 23.3 Å². The molecule has 1 aromatic heterocycles. The first-order valence-corrected chi connectivity index (χ1v) is 9.01. The fourth-order valence-electron chi connectivity index (χ4n) is 2.63. The normalized spacial score (nSPS) is 10.5. The van der Waals surface area contributed by atoms with Crippen molar-refractivity contribution in [3.05, 3.63) is 81.8 Å². The standard InChI is InChI=1S/C21H21ClN4O/c1-13-4-6-16(7-5-13)12-23-20-11-19(24-15(3)25-20)21(27)26-18-9-8-17(22)10-14(18)2/h4-11H,12H2,1-3H3,(H,26,27)(H,23,24,25). The molecule has 1 heterocycles. The summed E-state index contributed by atoms with van der Waals surface area (Å²) in [5, 5.41) is 6.75. The summed E-state index contributed by atoms with van der Waals surface area (Å²) in [6.07, 6.45) is 0.